The van der Waals surface area contributed by atoms with E-state index in [4.69, 9.17) is 26.1 Å². The van der Waals surface area contributed by atoms with Crippen LogP contribution in [0.4, 0.5) is 14.6 Å². The van der Waals surface area contributed by atoms with Crippen molar-refractivity contribution in [3.8, 4) is 29.6 Å². The molecule has 4 saturated heterocycles. The molecule has 2 aromatic carbocycles. The summed E-state index contributed by atoms with van der Waals surface area (Å²) >= 11 is 0. The van der Waals surface area contributed by atoms with Gasteiger partial charge < -0.3 is 15.0 Å². The first-order valence-corrected chi connectivity index (χ1v) is 16.5. The second-order valence-corrected chi connectivity index (χ2v) is 13.6. The Bertz CT molecular complexity index is 1900. The van der Waals surface area contributed by atoms with E-state index in [9.17, 15) is 4.39 Å². The van der Waals surface area contributed by atoms with Crippen LogP contribution >= 0.6 is 0 Å². The molecule has 0 saturated carbocycles. The highest BCUT2D eigenvalue weighted by Crippen LogP contribution is 2.43. The van der Waals surface area contributed by atoms with Crippen molar-refractivity contribution in [1.29, 1.82) is 0 Å². The second-order valence-electron chi connectivity index (χ2n) is 13.6. The molecule has 45 heavy (non-hydrogen) atoms. The van der Waals surface area contributed by atoms with Crippen LogP contribution in [0.3, 0.4) is 0 Å². The lowest BCUT2D eigenvalue weighted by molar-refractivity contribution is 0.108. The summed E-state index contributed by atoms with van der Waals surface area (Å²) in [7, 11) is 0. The van der Waals surface area contributed by atoms with E-state index in [2.05, 4.69) is 21.0 Å². The van der Waals surface area contributed by atoms with E-state index in [1.807, 2.05) is 12.1 Å². The predicted molar refractivity (Wildman–Crippen MR) is 170 cm³/mol. The van der Waals surface area contributed by atoms with Crippen molar-refractivity contribution in [2.45, 2.75) is 81.5 Å². The van der Waals surface area contributed by atoms with Crippen LogP contribution in [0.25, 0.3) is 32.9 Å². The average molecular weight is 607 g/mol. The van der Waals surface area contributed by atoms with Crippen LogP contribution in [-0.4, -0.2) is 69.8 Å². The van der Waals surface area contributed by atoms with Crippen molar-refractivity contribution >= 4 is 27.5 Å². The Morgan fingerprint density at radius 1 is 1.00 bits per heavy atom. The molecule has 7 nitrogen and oxygen atoms in total. The van der Waals surface area contributed by atoms with Crippen molar-refractivity contribution in [1.82, 2.24) is 25.2 Å². The largest absolute Gasteiger partial charge is 0.461 e. The van der Waals surface area contributed by atoms with Crippen molar-refractivity contribution in [3.63, 3.8) is 0 Å². The molecule has 2 aromatic heterocycles. The maximum Gasteiger partial charge on any atom is 0.319 e. The van der Waals surface area contributed by atoms with Gasteiger partial charge in [-0.15, -0.1) is 6.42 Å². The number of aromatic nitrogens is 3. The molecule has 230 valence electrons. The quantitative estimate of drug-likeness (QED) is 0.297. The summed E-state index contributed by atoms with van der Waals surface area (Å²) in [6.07, 6.45) is 15.1. The number of hydrogen-bond acceptors (Lipinski definition) is 7. The Kier molecular flexibility index (Phi) is 6.30. The normalized spacial score (nSPS) is 25.2. The zero-order chi connectivity index (χ0) is 30.3. The summed E-state index contributed by atoms with van der Waals surface area (Å²) in [6.45, 7) is 3.49. The van der Waals surface area contributed by atoms with Crippen molar-refractivity contribution in [2.24, 2.45) is 0 Å². The molecule has 1 N–H and O–H groups in total. The van der Waals surface area contributed by atoms with Crippen LogP contribution < -0.4 is 15.0 Å². The Balaban J connectivity index is 1.25. The van der Waals surface area contributed by atoms with E-state index < -0.39 is 11.6 Å². The molecule has 9 heteroatoms. The second kappa shape index (κ2) is 10.3. The number of aryl methyl sites for hydroxylation is 1. The molecule has 5 aliphatic rings. The summed E-state index contributed by atoms with van der Waals surface area (Å²) in [5, 5.41) is 5.69. The molecule has 4 fully saturated rings. The van der Waals surface area contributed by atoms with Gasteiger partial charge in [0.05, 0.1) is 22.2 Å². The number of nitrogens with zero attached hydrogens (tertiary/aromatic N) is 5. The monoisotopic (exact) mass is 606 g/mol. The number of terminal acetylenes is 1. The molecule has 7 heterocycles. The maximum atomic E-state index is 17.1. The number of pyridine rings is 1. The van der Waals surface area contributed by atoms with E-state index in [-0.39, 0.29) is 34.4 Å². The Morgan fingerprint density at radius 3 is 2.71 bits per heavy atom. The van der Waals surface area contributed by atoms with Gasteiger partial charge in [0.25, 0.3) is 0 Å². The van der Waals surface area contributed by atoms with Crippen molar-refractivity contribution in [2.75, 3.05) is 31.1 Å². The Morgan fingerprint density at radius 2 is 1.87 bits per heavy atom. The number of benzene rings is 2. The highest BCUT2D eigenvalue weighted by Gasteiger charge is 2.46. The number of halogens is 2. The number of ether oxygens (including phenoxy) is 1. The van der Waals surface area contributed by atoms with E-state index in [0.717, 1.165) is 87.9 Å². The van der Waals surface area contributed by atoms with Gasteiger partial charge in [-0.1, -0.05) is 30.2 Å². The Hall–Kier alpha value is -3.87. The minimum atomic E-state index is -0.557. The molecule has 0 amide bonds. The number of rotatable bonds is 4. The van der Waals surface area contributed by atoms with Crippen LogP contribution in [-0.2, 0) is 6.42 Å². The standard InChI is InChI=1S/C36H36F2N6O/c1-2-23-25(37)13-11-21-7-3-8-24(29(21)23)32-31(38)33-30-27(40-32)9-4-10-28-26-14-12-22(39-26)19-44(28)34(30)42-35(41-33)45-20-36-15-5-17-43(36)18-6-16-36/h1,3,7-8,11,13,22,26,28,39H,4-6,9-10,12,14-20H2/t22?,26?,28-/m1/s1. The summed E-state index contributed by atoms with van der Waals surface area (Å²) in [6, 6.07) is 9.73. The number of fused-ring (bicyclic) bond motifs is 7. The number of anilines is 1. The first kappa shape index (κ1) is 27.4. The van der Waals surface area contributed by atoms with E-state index in [1.54, 1.807) is 12.1 Å². The minimum absolute atomic E-state index is 0.00632. The summed E-state index contributed by atoms with van der Waals surface area (Å²) < 4.78 is 38.5. The van der Waals surface area contributed by atoms with Crippen LogP contribution in [0.2, 0.25) is 0 Å². The third kappa shape index (κ3) is 4.18. The SMILES string of the molecule is C#Cc1c(F)ccc2cccc(-c3nc4c5c(nc(OCC67CCCN6CCC7)nc5c3F)N3CC5CCC(N5)[C@H]3CCC4)c12. The third-order valence-corrected chi connectivity index (χ3v) is 11.2. The topological polar surface area (TPSA) is 66.4 Å². The molecule has 5 aliphatic heterocycles. The van der Waals surface area contributed by atoms with Crippen LogP contribution in [0, 0.1) is 24.0 Å². The minimum Gasteiger partial charge on any atom is -0.461 e. The van der Waals surface area contributed by atoms with Gasteiger partial charge in [-0.25, -0.2) is 13.8 Å². The molecular weight excluding hydrogens is 570 g/mol. The molecule has 2 bridgehead atoms. The van der Waals surface area contributed by atoms with Gasteiger partial charge in [0.15, 0.2) is 5.82 Å². The molecule has 0 aliphatic carbocycles. The smallest absolute Gasteiger partial charge is 0.319 e. The van der Waals surface area contributed by atoms with Crippen molar-refractivity contribution < 1.29 is 13.5 Å². The number of nitrogens with one attached hydrogen (secondary N) is 1. The third-order valence-electron chi connectivity index (χ3n) is 11.2. The first-order chi connectivity index (χ1) is 22.0. The fourth-order valence-electron chi connectivity index (χ4n) is 9.16. The number of piperazine rings is 1. The highest BCUT2D eigenvalue weighted by atomic mass is 19.1. The number of hydrogen-bond donors (Lipinski definition) is 1. The summed E-state index contributed by atoms with van der Waals surface area (Å²) in [5.74, 6) is 2.16. The van der Waals surface area contributed by atoms with E-state index >= 15 is 4.39 Å². The van der Waals surface area contributed by atoms with Crippen molar-refractivity contribution in [3.05, 3.63) is 53.2 Å². The fourth-order valence-corrected chi connectivity index (χ4v) is 9.16. The van der Waals surface area contributed by atoms with Crippen LogP contribution in [0.5, 0.6) is 6.01 Å². The van der Waals surface area contributed by atoms with Gasteiger partial charge in [0.1, 0.15) is 29.5 Å². The van der Waals surface area contributed by atoms with E-state index in [0.29, 0.717) is 41.4 Å². The summed E-state index contributed by atoms with van der Waals surface area (Å²) in [5.41, 5.74) is 1.69. The maximum absolute atomic E-state index is 17.1. The van der Waals surface area contributed by atoms with Gasteiger partial charge in [0.2, 0.25) is 0 Å². The molecule has 0 spiro atoms. The van der Waals surface area contributed by atoms with Gasteiger partial charge in [-0.2, -0.15) is 9.97 Å². The zero-order valence-corrected chi connectivity index (χ0v) is 25.3. The molecule has 4 aromatic rings. The molecule has 9 rings (SSSR count). The first-order valence-electron chi connectivity index (χ1n) is 16.5. The van der Waals surface area contributed by atoms with Crippen LogP contribution in [0.15, 0.2) is 30.3 Å². The highest BCUT2D eigenvalue weighted by molar-refractivity contribution is 6.02. The Labute approximate surface area is 261 Å². The van der Waals surface area contributed by atoms with Crippen LogP contribution in [0.1, 0.15) is 62.6 Å². The average Bonchev–Trinajstić information content (AvgIpc) is 3.75. The molecule has 0 radical (unpaired) electrons. The predicted octanol–water partition coefficient (Wildman–Crippen LogP) is 5.76. The van der Waals surface area contributed by atoms with Gasteiger partial charge in [0, 0.05) is 35.6 Å². The molecule has 2 unspecified atom stereocenters. The van der Waals surface area contributed by atoms with E-state index in [1.165, 1.54) is 6.07 Å². The summed E-state index contributed by atoms with van der Waals surface area (Å²) in [4.78, 5) is 19.8. The van der Waals surface area contributed by atoms with Gasteiger partial charge >= 0.3 is 6.01 Å². The lowest BCUT2D eigenvalue weighted by atomic mass is 9.93. The van der Waals surface area contributed by atoms with Gasteiger partial charge in [-0.3, -0.25) is 4.90 Å². The fraction of sp³-hybridized carbons (Fsp3) is 0.472. The lowest BCUT2D eigenvalue weighted by Gasteiger charge is -2.43. The zero-order valence-electron chi connectivity index (χ0n) is 25.3. The van der Waals surface area contributed by atoms with Gasteiger partial charge in [-0.05, 0) is 82.3 Å². The molecule has 3 atom stereocenters. The molecular formula is C36H36F2N6O. The lowest BCUT2D eigenvalue weighted by Crippen LogP contribution is -2.58.